The Morgan fingerprint density at radius 2 is 1.77 bits per heavy atom. The standard InChI is InChI=1S/C20H20F6N2O3/c21-14-6-5-13(19(30)28-31-10-9-29)18(17(14)23)27-16-7-4-12(11-15(16)22)3-1-2-8-20(24,25)26/h4-7,11,27,29H,1-3,8-10H2,(H,28,30). The molecule has 2 rings (SSSR count). The quantitative estimate of drug-likeness (QED) is 0.277. The molecule has 170 valence electrons. The average molecular weight is 450 g/mol. The Morgan fingerprint density at radius 1 is 1.03 bits per heavy atom. The molecule has 0 aromatic heterocycles. The third kappa shape index (κ3) is 7.44. The topological polar surface area (TPSA) is 70.6 Å². The van der Waals surface area contributed by atoms with Crippen molar-refractivity contribution in [3.63, 3.8) is 0 Å². The third-order valence-electron chi connectivity index (χ3n) is 4.17. The summed E-state index contributed by atoms with van der Waals surface area (Å²) in [5, 5.41) is 11.0. The fraction of sp³-hybridized carbons (Fsp3) is 0.350. The molecule has 0 bridgehead atoms. The molecule has 1 amide bonds. The van der Waals surface area contributed by atoms with E-state index in [0.717, 1.165) is 12.1 Å². The Morgan fingerprint density at radius 3 is 2.42 bits per heavy atom. The molecule has 0 saturated carbocycles. The lowest BCUT2D eigenvalue weighted by atomic mass is 10.1. The van der Waals surface area contributed by atoms with E-state index in [9.17, 15) is 31.1 Å². The zero-order valence-corrected chi connectivity index (χ0v) is 16.2. The summed E-state index contributed by atoms with van der Waals surface area (Å²) in [5.41, 5.74) is 1.08. The normalized spacial score (nSPS) is 11.5. The van der Waals surface area contributed by atoms with Crippen LogP contribution in [0.3, 0.4) is 0 Å². The van der Waals surface area contributed by atoms with Crippen molar-refractivity contribution in [3.8, 4) is 0 Å². The number of aliphatic hydroxyl groups excluding tert-OH is 1. The Hall–Kier alpha value is -2.79. The van der Waals surface area contributed by atoms with Gasteiger partial charge in [0.25, 0.3) is 5.91 Å². The second-order valence-electron chi connectivity index (χ2n) is 6.55. The molecule has 2 aromatic rings. The molecule has 0 spiro atoms. The Kier molecular flexibility index (Phi) is 8.69. The van der Waals surface area contributed by atoms with E-state index in [1.165, 1.54) is 12.1 Å². The van der Waals surface area contributed by atoms with E-state index >= 15 is 0 Å². The van der Waals surface area contributed by atoms with Crippen LogP contribution in [-0.2, 0) is 11.3 Å². The number of benzene rings is 2. The van der Waals surface area contributed by atoms with E-state index in [1.54, 1.807) is 0 Å². The Balaban J connectivity index is 2.14. The maximum absolute atomic E-state index is 14.4. The van der Waals surface area contributed by atoms with E-state index in [2.05, 4.69) is 10.2 Å². The largest absolute Gasteiger partial charge is 0.394 e. The zero-order chi connectivity index (χ0) is 23.0. The number of rotatable bonds is 10. The Labute approximate surface area is 174 Å². The van der Waals surface area contributed by atoms with Gasteiger partial charge in [0, 0.05) is 6.42 Å². The summed E-state index contributed by atoms with van der Waals surface area (Å²) < 4.78 is 78.9. The second kappa shape index (κ2) is 11.0. The van der Waals surface area contributed by atoms with Gasteiger partial charge >= 0.3 is 6.18 Å². The highest BCUT2D eigenvalue weighted by atomic mass is 19.4. The van der Waals surface area contributed by atoms with E-state index in [-0.39, 0.29) is 37.1 Å². The molecule has 0 heterocycles. The molecule has 0 aliphatic heterocycles. The molecule has 3 N–H and O–H groups in total. The number of nitrogens with one attached hydrogen (secondary N) is 2. The van der Waals surface area contributed by atoms with Crippen molar-refractivity contribution >= 4 is 17.3 Å². The highest BCUT2D eigenvalue weighted by molar-refractivity contribution is 5.99. The van der Waals surface area contributed by atoms with Crippen LogP contribution in [-0.4, -0.2) is 30.4 Å². The van der Waals surface area contributed by atoms with Gasteiger partial charge in [-0.2, -0.15) is 13.2 Å². The minimum absolute atomic E-state index is 0.101. The lowest BCUT2D eigenvalue weighted by Gasteiger charge is -2.15. The van der Waals surface area contributed by atoms with Crippen LogP contribution in [0, 0.1) is 17.5 Å². The van der Waals surface area contributed by atoms with Gasteiger partial charge in [0.05, 0.1) is 30.2 Å². The molecule has 0 unspecified atom stereocenters. The smallest absolute Gasteiger partial charge is 0.389 e. The first-order valence-electron chi connectivity index (χ1n) is 9.25. The molecule has 5 nitrogen and oxygen atoms in total. The number of hydrogen-bond donors (Lipinski definition) is 3. The maximum atomic E-state index is 14.4. The van der Waals surface area contributed by atoms with Crippen molar-refractivity contribution in [3.05, 3.63) is 58.9 Å². The van der Waals surface area contributed by atoms with Crippen LogP contribution >= 0.6 is 0 Å². The first-order chi connectivity index (χ1) is 14.6. The van der Waals surface area contributed by atoms with Gasteiger partial charge in [-0.25, -0.2) is 18.7 Å². The van der Waals surface area contributed by atoms with Crippen LogP contribution in [0.25, 0.3) is 0 Å². The molecule has 2 aromatic carbocycles. The van der Waals surface area contributed by atoms with Crippen molar-refractivity contribution in [2.45, 2.75) is 31.9 Å². The summed E-state index contributed by atoms with van der Waals surface area (Å²) in [5.74, 6) is -4.53. The molecule has 0 atom stereocenters. The maximum Gasteiger partial charge on any atom is 0.389 e. The predicted molar refractivity (Wildman–Crippen MR) is 100 cm³/mol. The van der Waals surface area contributed by atoms with Crippen molar-refractivity contribution in [2.75, 3.05) is 18.5 Å². The van der Waals surface area contributed by atoms with Crippen LogP contribution in [0.15, 0.2) is 30.3 Å². The average Bonchev–Trinajstić information content (AvgIpc) is 2.70. The molecular formula is C20H20F6N2O3. The fourth-order valence-corrected chi connectivity index (χ4v) is 2.68. The van der Waals surface area contributed by atoms with Crippen LogP contribution < -0.4 is 10.8 Å². The number of aryl methyl sites for hydroxylation is 1. The fourth-order valence-electron chi connectivity index (χ4n) is 2.68. The summed E-state index contributed by atoms with van der Waals surface area (Å²) in [6.07, 6.45) is -4.88. The summed E-state index contributed by atoms with van der Waals surface area (Å²) in [4.78, 5) is 16.8. The van der Waals surface area contributed by atoms with E-state index in [0.29, 0.717) is 11.6 Å². The highest BCUT2D eigenvalue weighted by Gasteiger charge is 2.26. The van der Waals surface area contributed by atoms with Gasteiger partial charge in [0.15, 0.2) is 11.6 Å². The van der Waals surface area contributed by atoms with Crippen molar-refractivity contribution in [2.24, 2.45) is 0 Å². The molecule has 11 heteroatoms. The number of aliphatic hydroxyl groups is 1. The van der Waals surface area contributed by atoms with Gasteiger partial charge in [0.2, 0.25) is 0 Å². The third-order valence-corrected chi connectivity index (χ3v) is 4.17. The molecule has 0 radical (unpaired) electrons. The summed E-state index contributed by atoms with van der Waals surface area (Å²) in [6, 6.07) is 5.38. The number of halogens is 6. The molecular weight excluding hydrogens is 430 g/mol. The summed E-state index contributed by atoms with van der Waals surface area (Å²) in [6.45, 7) is -0.631. The zero-order valence-electron chi connectivity index (χ0n) is 16.2. The van der Waals surface area contributed by atoms with Crippen molar-refractivity contribution < 1.29 is 41.1 Å². The van der Waals surface area contributed by atoms with Gasteiger partial charge in [-0.15, -0.1) is 0 Å². The Bertz CT molecular complexity index is 905. The number of unbranched alkanes of at least 4 members (excludes halogenated alkanes) is 1. The minimum atomic E-state index is -4.25. The monoisotopic (exact) mass is 450 g/mol. The minimum Gasteiger partial charge on any atom is -0.394 e. The van der Waals surface area contributed by atoms with Crippen LogP contribution in [0.2, 0.25) is 0 Å². The van der Waals surface area contributed by atoms with Crippen molar-refractivity contribution in [1.82, 2.24) is 5.48 Å². The number of carbonyl (C=O) groups is 1. The van der Waals surface area contributed by atoms with Crippen LogP contribution in [0.5, 0.6) is 0 Å². The van der Waals surface area contributed by atoms with Gasteiger partial charge in [-0.3, -0.25) is 9.63 Å². The number of alkyl halides is 3. The molecule has 31 heavy (non-hydrogen) atoms. The number of hydrogen-bond acceptors (Lipinski definition) is 4. The van der Waals surface area contributed by atoms with Crippen molar-refractivity contribution in [1.29, 1.82) is 0 Å². The van der Waals surface area contributed by atoms with Gasteiger partial charge in [-0.1, -0.05) is 6.07 Å². The first-order valence-corrected chi connectivity index (χ1v) is 9.25. The van der Waals surface area contributed by atoms with Gasteiger partial charge in [-0.05, 0) is 49.1 Å². The predicted octanol–water partition coefficient (Wildman–Crippen LogP) is 4.78. The lowest BCUT2D eigenvalue weighted by molar-refractivity contribution is -0.135. The summed E-state index contributed by atoms with van der Waals surface area (Å²) in [7, 11) is 0. The summed E-state index contributed by atoms with van der Waals surface area (Å²) >= 11 is 0. The van der Waals surface area contributed by atoms with E-state index < -0.39 is 48.3 Å². The van der Waals surface area contributed by atoms with Gasteiger partial charge in [0.1, 0.15) is 5.82 Å². The van der Waals surface area contributed by atoms with Crippen LogP contribution in [0.1, 0.15) is 35.2 Å². The van der Waals surface area contributed by atoms with Crippen LogP contribution in [0.4, 0.5) is 37.7 Å². The second-order valence-corrected chi connectivity index (χ2v) is 6.55. The number of anilines is 2. The molecule has 0 aliphatic rings. The number of hydroxylamine groups is 1. The highest BCUT2D eigenvalue weighted by Crippen LogP contribution is 2.29. The SMILES string of the molecule is O=C(NOCCO)c1ccc(F)c(F)c1Nc1ccc(CCCCC(F)(F)F)cc1F. The first kappa shape index (κ1) is 24.5. The molecule has 0 aliphatic carbocycles. The number of amides is 1. The van der Waals surface area contributed by atoms with E-state index in [4.69, 9.17) is 5.11 Å². The van der Waals surface area contributed by atoms with E-state index in [1.807, 2.05) is 5.48 Å². The lowest BCUT2D eigenvalue weighted by Crippen LogP contribution is -2.26. The molecule has 0 saturated heterocycles. The van der Waals surface area contributed by atoms with Gasteiger partial charge < -0.3 is 10.4 Å². The number of carbonyl (C=O) groups excluding carboxylic acids is 1. The molecule has 0 fully saturated rings.